The monoisotopic (exact) mass is 703 g/mol. The molecule has 2 amide bonds. The second-order valence-corrected chi connectivity index (χ2v) is 14.1. The Kier molecular flexibility index (Phi) is 11.1. The number of sulfonamides is 1. The minimum absolute atomic E-state index is 0.0352. The number of para-hydroxylation sites is 2. The van der Waals surface area contributed by atoms with Crippen molar-refractivity contribution >= 4 is 43.5 Å². The molecule has 0 unspecified atom stereocenters. The number of methoxy groups -OCH3 is 1. The second kappa shape index (κ2) is 15.4. The maximum atomic E-state index is 14.6. The van der Waals surface area contributed by atoms with Crippen molar-refractivity contribution in [3.05, 3.63) is 125 Å². The normalized spacial score (nSPS) is 14.0. The molecule has 46 heavy (non-hydrogen) atoms. The van der Waals surface area contributed by atoms with E-state index in [1.165, 1.54) is 24.1 Å². The molecule has 0 aromatic heterocycles. The van der Waals surface area contributed by atoms with Gasteiger partial charge in [0.2, 0.25) is 11.8 Å². The second-order valence-electron chi connectivity index (χ2n) is 11.3. The van der Waals surface area contributed by atoms with Crippen LogP contribution in [0.4, 0.5) is 5.69 Å². The maximum Gasteiger partial charge on any atom is 0.264 e. The van der Waals surface area contributed by atoms with Crippen molar-refractivity contribution < 1.29 is 22.7 Å². The zero-order valence-electron chi connectivity index (χ0n) is 25.7. The number of hydrogen-bond acceptors (Lipinski definition) is 5. The summed E-state index contributed by atoms with van der Waals surface area (Å²) in [6, 6.07) is 30.9. The molecule has 0 bridgehead atoms. The molecule has 1 N–H and O–H groups in total. The average molecular weight is 705 g/mol. The molecule has 240 valence electrons. The van der Waals surface area contributed by atoms with Crippen LogP contribution in [-0.4, -0.2) is 50.9 Å². The summed E-state index contributed by atoms with van der Waals surface area (Å²) in [5, 5.41) is 3.20. The molecule has 5 rings (SSSR count). The van der Waals surface area contributed by atoms with Crippen molar-refractivity contribution in [1.82, 2.24) is 10.2 Å². The van der Waals surface area contributed by atoms with Crippen LogP contribution < -0.4 is 14.4 Å². The molecule has 10 heteroatoms. The number of nitrogens with one attached hydrogen (secondary N) is 1. The summed E-state index contributed by atoms with van der Waals surface area (Å²) in [4.78, 5) is 30.3. The lowest BCUT2D eigenvalue weighted by Gasteiger charge is -2.34. The van der Waals surface area contributed by atoms with E-state index in [1.54, 1.807) is 42.5 Å². The Morgan fingerprint density at radius 2 is 1.46 bits per heavy atom. The Morgan fingerprint density at radius 1 is 0.848 bits per heavy atom. The number of halogens is 1. The Labute approximate surface area is 279 Å². The first-order valence-electron chi connectivity index (χ1n) is 15.4. The molecule has 4 aromatic rings. The van der Waals surface area contributed by atoms with Crippen molar-refractivity contribution in [2.24, 2.45) is 0 Å². The highest BCUT2D eigenvalue weighted by molar-refractivity contribution is 9.10. The van der Waals surface area contributed by atoms with Crippen molar-refractivity contribution in [2.45, 2.75) is 55.6 Å². The molecule has 8 nitrogen and oxygen atoms in total. The van der Waals surface area contributed by atoms with Crippen molar-refractivity contribution in [1.29, 1.82) is 0 Å². The van der Waals surface area contributed by atoms with Gasteiger partial charge in [-0.15, -0.1) is 0 Å². The maximum absolute atomic E-state index is 14.6. The summed E-state index contributed by atoms with van der Waals surface area (Å²) >= 11 is 3.47. The molecular formula is C36H38BrN3O5S. The molecule has 0 heterocycles. The highest BCUT2D eigenvalue weighted by Crippen LogP contribution is 2.33. The number of carbonyl (C=O) groups is 2. The van der Waals surface area contributed by atoms with Crippen LogP contribution >= 0.6 is 15.9 Å². The van der Waals surface area contributed by atoms with Crippen LogP contribution in [0.2, 0.25) is 0 Å². The van der Waals surface area contributed by atoms with Gasteiger partial charge in [-0.1, -0.05) is 102 Å². The van der Waals surface area contributed by atoms with Gasteiger partial charge in [0, 0.05) is 23.5 Å². The molecular weight excluding hydrogens is 666 g/mol. The molecule has 0 aliphatic heterocycles. The molecule has 0 saturated heterocycles. The average Bonchev–Trinajstić information content (AvgIpc) is 3.59. The first-order chi connectivity index (χ1) is 22.3. The summed E-state index contributed by atoms with van der Waals surface area (Å²) < 4.78 is 35.9. The highest BCUT2D eigenvalue weighted by Gasteiger charge is 2.36. The van der Waals surface area contributed by atoms with Gasteiger partial charge in [-0.25, -0.2) is 8.42 Å². The zero-order chi connectivity index (χ0) is 32.5. The summed E-state index contributed by atoms with van der Waals surface area (Å²) in [6.07, 6.45) is 4.13. The molecule has 1 fully saturated rings. The predicted octanol–water partition coefficient (Wildman–Crippen LogP) is 6.35. The number of hydrogen-bond donors (Lipinski definition) is 1. The van der Waals surface area contributed by atoms with Gasteiger partial charge in [0.05, 0.1) is 17.7 Å². The minimum Gasteiger partial charge on any atom is -0.495 e. The van der Waals surface area contributed by atoms with Crippen LogP contribution in [0.1, 0.15) is 36.8 Å². The van der Waals surface area contributed by atoms with E-state index in [-0.39, 0.29) is 35.5 Å². The zero-order valence-corrected chi connectivity index (χ0v) is 28.1. The SMILES string of the molecule is COc1ccccc1N(CC(=O)N(Cc1ccc(Br)cc1)[C@@H](Cc1ccccc1)C(=O)NC1CCCC1)S(=O)(=O)c1ccccc1. The molecule has 1 aliphatic carbocycles. The van der Waals surface area contributed by atoms with Gasteiger partial charge in [-0.2, -0.15) is 0 Å². The van der Waals surface area contributed by atoms with E-state index >= 15 is 0 Å². The van der Waals surface area contributed by atoms with Crippen LogP contribution in [0.25, 0.3) is 0 Å². The fourth-order valence-corrected chi connectivity index (χ4v) is 7.49. The van der Waals surface area contributed by atoms with E-state index in [4.69, 9.17) is 4.74 Å². The fraction of sp³-hybridized carbons (Fsp3) is 0.278. The molecule has 1 saturated carbocycles. The van der Waals surface area contributed by atoms with E-state index in [1.807, 2.05) is 54.6 Å². The number of carbonyl (C=O) groups excluding carboxylic acids is 2. The van der Waals surface area contributed by atoms with Crippen molar-refractivity contribution in [2.75, 3.05) is 18.0 Å². The van der Waals surface area contributed by atoms with Gasteiger partial charge in [-0.3, -0.25) is 13.9 Å². The lowest BCUT2D eigenvalue weighted by Crippen LogP contribution is -2.54. The van der Waals surface area contributed by atoms with Gasteiger partial charge in [0.25, 0.3) is 10.0 Å². The van der Waals surface area contributed by atoms with Crippen LogP contribution in [0.3, 0.4) is 0 Å². The quantitative estimate of drug-likeness (QED) is 0.175. The largest absolute Gasteiger partial charge is 0.495 e. The summed E-state index contributed by atoms with van der Waals surface area (Å²) in [5.74, 6) is -0.471. The minimum atomic E-state index is -4.22. The Balaban J connectivity index is 1.58. The molecule has 1 atom stereocenters. The summed E-state index contributed by atoms with van der Waals surface area (Å²) in [7, 11) is -2.76. The number of benzene rings is 4. The van der Waals surface area contributed by atoms with Crippen LogP contribution in [0, 0.1) is 0 Å². The molecule has 0 spiro atoms. The Bertz CT molecular complexity index is 1710. The number of amides is 2. The third-order valence-corrected chi connectivity index (χ3v) is 10.5. The molecule has 4 aromatic carbocycles. The van der Waals surface area contributed by atoms with E-state index in [2.05, 4.69) is 21.2 Å². The topological polar surface area (TPSA) is 96.0 Å². The lowest BCUT2D eigenvalue weighted by atomic mass is 10.0. The third kappa shape index (κ3) is 8.16. The Morgan fingerprint density at radius 3 is 2.11 bits per heavy atom. The fourth-order valence-electron chi connectivity index (χ4n) is 5.78. The van der Waals surface area contributed by atoms with Gasteiger partial charge < -0.3 is 15.0 Å². The number of nitrogens with zero attached hydrogens (tertiary/aromatic N) is 2. The van der Waals surface area contributed by atoms with Gasteiger partial charge >= 0.3 is 0 Å². The van der Waals surface area contributed by atoms with Crippen LogP contribution in [0.5, 0.6) is 5.75 Å². The van der Waals surface area contributed by atoms with E-state index < -0.39 is 28.5 Å². The number of anilines is 1. The van der Waals surface area contributed by atoms with E-state index in [9.17, 15) is 18.0 Å². The van der Waals surface area contributed by atoms with Crippen molar-refractivity contribution in [3.8, 4) is 5.75 Å². The predicted molar refractivity (Wildman–Crippen MR) is 183 cm³/mol. The van der Waals surface area contributed by atoms with E-state index in [0.717, 1.165) is 45.6 Å². The van der Waals surface area contributed by atoms with Gasteiger partial charge in [-0.05, 0) is 60.4 Å². The van der Waals surface area contributed by atoms with Gasteiger partial charge in [0.15, 0.2) is 0 Å². The van der Waals surface area contributed by atoms with E-state index in [0.29, 0.717) is 5.75 Å². The van der Waals surface area contributed by atoms with Crippen LogP contribution in [-0.2, 0) is 32.6 Å². The lowest BCUT2D eigenvalue weighted by molar-refractivity contribution is -0.140. The summed E-state index contributed by atoms with van der Waals surface area (Å²) in [6.45, 7) is -0.441. The van der Waals surface area contributed by atoms with Crippen LogP contribution in [0.15, 0.2) is 119 Å². The standard InChI is InChI=1S/C36H38BrN3O5S/c1-45-34-19-11-10-18-32(34)40(46(43,44)31-16-6-3-7-17-31)26-35(41)39(25-28-20-22-29(37)23-21-28)33(24-27-12-4-2-5-13-27)36(42)38-30-14-8-9-15-30/h2-7,10-13,16-23,30,33H,8-9,14-15,24-26H2,1H3,(H,38,42)/t33-/m0/s1. The first-order valence-corrected chi connectivity index (χ1v) is 17.6. The molecule has 0 radical (unpaired) electrons. The van der Waals surface area contributed by atoms with Crippen molar-refractivity contribution in [3.63, 3.8) is 0 Å². The Hall–Kier alpha value is -4.15. The number of rotatable bonds is 13. The number of ether oxygens (including phenoxy) is 1. The molecule has 1 aliphatic rings. The smallest absolute Gasteiger partial charge is 0.264 e. The first kappa shape index (κ1) is 33.2. The summed E-state index contributed by atoms with van der Waals surface area (Å²) in [5.41, 5.74) is 1.92. The third-order valence-electron chi connectivity index (χ3n) is 8.20. The highest BCUT2D eigenvalue weighted by atomic mass is 79.9. The van der Waals surface area contributed by atoms with Gasteiger partial charge in [0.1, 0.15) is 18.3 Å².